The second kappa shape index (κ2) is 7.03. The van der Waals surface area contributed by atoms with Crippen LogP contribution in [0.15, 0.2) is 79.0 Å². The van der Waals surface area contributed by atoms with Crippen molar-refractivity contribution in [3.63, 3.8) is 0 Å². The van der Waals surface area contributed by atoms with Crippen molar-refractivity contribution in [2.75, 3.05) is 5.43 Å². The van der Waals surface area contributed by atoms with E-state index in [4.69, 9.17) is 9.47 Å². The van der Waals surface area contributed by atoms with Crippen LogP contribution in [0.2, 0.25) is 0 Å². The third-order valence-electron chi connectivity index (χ3n) is 4.35. The van der Waals surface area contributed by atoms with E-state index < -0.39 is 17.6 Å². The van der Waals surface area contributed by atoms with Gasteiger partial charge in [-0.1, -0.05) is 36.4 Å². The van der Waals surface area contributed by atoms with Gasteiger partial charge in [-0.15, -0.1) is 5.01 Å². The number of imide groups is 1. The Labute approximate surface area is 161 Å². The number of carbonyl (C=O) groups excluding carboxylic acids is 2. The average Bonchev–Trinajstić information content (AvgIpc) is 2.94. The monoisotopic (exact) mass is 375 g/mol. The average molecular weight is 375 g/mol. The lowest BCUT2D eigenvalue weighted by Crippen LogP contribution is -2.40. The van der Waals surface area contributed by atoms with Crippen LogP contribution < -0.4 is 10.2 Å². The summed E-state index contributed by atoms with van der Waals surface area (Å²) in [6, 6.07) is 21.4. The summed E-state index contributed by atoms with van der Waals surface area (Å²) in [6.45, 7) is 1.54. The molecule has 4 rings (SSSR count). The molecule has 2 aromatic carbocycles. The molecule has 2 amide bonds. The summed E-state index contributed by atoms with van der Waals surface area (Å²) in [6.07, 6.45) is 0.691. The third-order valence-corrected chi connectivity index (χ3v) is 4.35. The molecule has 1 aliphatic rings. The molecule has 0 saturated carbocycles. The van der Waals surface area contributed by atoms with Crippen LogP contribution in [0, 0.1) is 0 Å². The summed E-state index contributed by atoms with van der Waals surface area (Å²) in [5, 5.41) is 0.865. The molecular formula is C21H17N3O4. The number of hydrogen-bond donors (Lipinski definition) is 1. The SMILES string of the molecule is C[C@@]1(c2ccc(Oc3ccccc3)nc2)OC(=O)N(Nc2ccccc2)C1=O. The number of hydrazine groups is 1. The zero-order valence-electron chi connectivity index (χ0n) is 15.0. The van der Waals surface area contributed by atoms with Crippen molar-refractivity contribution in [1.29, 1.82) is 0 Å². The molecule has 1 aromatic heterocycles. The van der Waals surface area contributed by atoms with E-state index in [9.17, 15) is 9.59 Å². The number of ether oxygens (including phenoxy) is 2. The molecule has 1 N–H and O–H groups in total. The number of rotatable bonds is 5. The van der Waals surface area contributed by atoms with E-state index in [0.29, 0.717) is 22.9 Å². The van der Waals surface area contributed by atoms with Crippen LogP contribution in [0.3, 0.4) is 0 Å². The van der Waals surface area contributed by atoms with Gasteiger partial charge in [-0.25, -0.2) is 9.78 Å². The molecule has 0 spiro atoms. The summed E-state index contributed by atoms with van der Waals surface area (Å²) in [5.41, 5.74) is 2.35. The number of benzene rings is 2. The Kier molecular flexibility index (Phi) is 4.41. The normalized spacial score (nSPS) is 18.7. The zero-order chi connectivity index (χ0) is 19.6. The predicted octanol–water partition coefficient (Wildman–Crippen LogP) is 4.10. The summed E-state index contributed by atoms with van der Waals surface area (Å²) >= 11 is 0. The molecule has 1 fully saturated rings. The summed E-state index contributed by atoms with van der Waals surface area (Å²) in [5.74, 6) is 0.491. The maximum absolute atomic E-state index is 12.9. The van der Waals surface area contributed by atoms with E-state index in [0.717, 1.165) is 5.01 Å². The fourth-order valence-corrected chi connectivity index (χ4v) is 2.81. The smallest absolute Gasteiger partial charge is 0.437 e. The maximum atomic E-state index is 12.9. The van der Waals surface area contributed by atoms with Crippen LogP contribution in [0.1, 0.15) is 12.5 Å². The first-order valence-electron chi connectivity index (χ1n) is 8.65. The Morgan fingerprint density at radius 3 is 2.29 bits per heavy atom. The van der Waals surface area contributed by atoms with Gasteiger partial charge in [0.1, 0.15) is 5.75 Å². The van der Waals surface area contributed by atoms with Crippen LogP contribution in [0.5, 0.6) is 11.6 Å². The number of nitrogens with one attached hydrogen (secondary N) is 1. The molecule has 0 unspecified atom stereocenters. The molecule has 7 heteroatoms. The number of hydrogen-bond acceptors (Lipinski definition) is 6. The second-order valence-electron chi connectivity index (χ2n) is 6.32. The second-order valence-corrected chi connectivity index (χ2v) is 6.32. The topological polar surface area (TPSA) is 80.8 Å². The first-order chi connectivity index (χ1) is 13.6. The Hall–Kier alpha value is -3.87. The minimum Gasteiger partial charge on any atom is -0.439 e. The fourth-order valence-electron chi connectivity index (χ4n) is 2.81. The number of carbonyl (C=O) groups is 2. The first-order valence-corrected chi connectivity index (χ1v) is 8.65. The highest BCUT2D eigenvalue weighted by Crippen LogP contribution is 2.35. The fraction of sp³-hybridized carbons (Fsp3) is 0.0952. The van der Waals surface area contributed by atoms with Gasteiger partial charge in [0, 0.05) is 17.8 Å². The molecule has 7 nitrogen and oxygen atoms in total. The van der Waals surface area contributed by atoms with Gasteiger partial charge in [0.25, 0.3) is 5.91 Å². The minimum absolute atomic E-state index is 0.370. The van der Waals surface area contributed by atoms with Crippen LogP contribution in [0.4, 0.5) is 10.5 Å². The molecule has 1 atom stereocenters. The highest BCUT2D eigenvalue weighted by atomic mass is 16.6. The van der Waals surface area contributed by atoms with Crippen molar-refractivity contribution in [1.82, 2.24) is 9.99 Å². The van der Waals surface area contributed by atoms with Crippen molar-refractivity contribution in [2.45, 2.75) is 12.5 Å². The molecular weight excluding hydrogens is 358 g/mol. The van der Waals surface area contributed by atoms with Crippen molar-refractivity contribution >= 4 is 17.7 Å². The van der Waals surface area contributed by atoms with Gasteiger partial charge < -0.3 is 9.47 Å². The van der Waals surface area contributed by atoms with E-state index in [1.807, 2.05) is 36.4 Å². The van der Waals surface area contributed by atoms with E-state index >= 15 is 0 Å². The van der Waals surface area contributed by atoms with Crippen LogP contribution in [-0.2, 0) is 15.1 Å². The molecule has 28 heavy (non-hydrogen) atoms. The Balaban J connectivity index is 1.53. The number of anilines is 1. The number of aromatic nitrogens is 1. The Morgan fingerprint density at radius 2 is 1.64 bits per heavy atom. The molecule has 3 aromatic rings. The molecule has 2 heterocycles. The highest BCUT2D eigenvalue weighted by Gasteiger charge is 2.52. The van der Waals surface area contributed by atoms with Crippen molar-refractivity contribution in [3.8, 4) is 11.6 Å². The quantitative estimate of drug-likeness (QED) is 0.723. The summed E-state index contributed by atoms with van der Waals surface area (Å²) in [4.78, 5) is 29.4. The van der Waals surface area contributed by atoms with Crippen LogP contribution in [-0.4, -0.2) is 22.0 Å². The number of nitrogens with zero attached hydrogens (tertiary/aromatic N) is 2. The minimum atomic E-state index is -1.48. The molecule has 0 aliphatic carbocycles. The Morgan fingerprint density at radius 1 is 0.964 bits per heavy atom. The molecule has 140 valence electrons. The van der Waals surface area contributed by atoms with E-state index in [2.05, 4.69) is 10.4 Å². The van der Waals surface area contributed by atoms with Crippen molar-refractivity contribution < 1.29 is 19.1 Å². The largest absolute Gasteiger partial charge is 0.439 e. The lowest BCUT2D eigenvalue weighted by molar-refractivity contribution is -0.135. The molecule has 1 saturated heterocycles. The van der Waals surface area contributed by atoms with Gasteiger partial charge >= 0.3 is 6.09 Å². The summed E-state index contributed by atoms with van der Waals surface area (Å²) < 4.78 is 11.0. The van der Waals surface area contributed by atoms with E-state index in [1.165, 1.54) is 13.1 Å². The molecule has 0 radical (unpaired) electrons. The van der Waals surface area contributed by atoms with Crippen molar-refractivity contribution in [3.05, 3.63) is 84.6 Å². The lowest BCUT2D eigenvalue weighted by Gasteiger charge is -2.20. The number of amides is 2. The third kappa shape index (κ3) is 3.25. The number of pyridine rings is 1. The van der Waals surface area contributed by atoms with Crippen LogP contribution in [0.25, 0.3) is 0 Å². The van der Waals surface area contributed by atoms with Gasteiger partial charge in [-0.3, -0.25) is 10.2 Å². The van der Waals surface area contributed by atoms with E-state index in [1.54, 1.807) is 36.4 Å². The molecule has 0 bridgehead atoms. The van der Waals surface area contributed by atoms with Gasteiger partial charge in [-0.2, -0.15) is 0 Å². The van der Waals surface area contributed by atoms with Gasteiger partial charge in [0.2, 0.25) is 11.5 Å². The standard InChI is InChI=1S/C21H17N3O4/c1-21(15-12-13-18(22-14-15)27-17-10-6-3-7-11-17)19(25)24(20(26)28-21)23-16-8-4-2-5-9-16/h2-14,23H,1H3/t21-/m0/s1. The maximum Gasteiger partial charge on any atom is 0.437 e. The highest BCUT2D eigenvalue weighted by molar-refractivity contribution is 6.04. The van der Waals surface area contributed by atoms with Gasteiger partial charge in [0.15, 0.2) is 0 Å². The number of cyclic esters (lactones) is 1. The van der Waals surface area contributed by atoms with E-state index in [-0.39, 0.29) is 0 Å². The van der Waals surface area contributed by atoms with Gasteiger partial charge in [0.05, 0.1) is 5.69 Å². The Bertz CT molecular complexity index is 993. The zero-order valence-corrected chi connectivity index (χ0v) is 15.0. The van der Waals surface area contributed by atoms with Crippen molar-refractivity contribution in [2.24, 2.45) is 0 Å². The van der Waals surface area contributed by atoms with Crippen LogP contribution >= 0.6 is 0 Å². The molecule has 1 aliphatic heterocycles. The lowest BCUT2D eigenvalue weighted by atomic mass is 9.97. The predicted molar refractivity (Wildman–Crippen MR) is 101 cm³/mol. The first kappa shape index (κ1) is 17.5. The van der Waals surface area contributed by atoms with Gasteiger partial charge in [-0.05, 0) is 37.3 Å². The number of para-hydroxylation sites is 2. The summed E-state index contributed by atoms with van der Waals surface area (Å²) in [7, 11) is 0.